The van der Waals surface area contributed by atoms with Crippen LogP contribution in [-0.2, 0) is 0 Å². The van der Waals surface area contributed by atoms with Crippen molar-refractivity contribution in [3.8, 4) is 5.75 Å². The second kappa shape index (κ2) is 6.24. The lowest BCUT2D eigenvalue weighted by atomic mass is 9.82. The molecular formula is C16H25NO. The zero-order valence-electron chi connectivity index (χ0n) is 11.8. The third kappa shape index (κ3) is 3.49. The summed E-state index contributed by atoms with van der Waals surface area (Å²) in [6.45, 7) is 8.82. The minimum absolute atomic E-state index is 0.248. The molecule has 1 unspecified atom stereocenters. The fourth-order valence-corrected chi connectivity index (χ4v) is 2.74. The molecule has 1 aromatic carbocycles. The summed E-state index contributed by atoms with van der Waals surface area (Å²) in [7, 11) is 0. The number of piperidine rings is 1. The van der Waals surface area contributed by atoms with E-state index in [-0.39, 0.29) is 6.10 Å². The largest absolute Gasteiger partial charge is 0.491 e. The molecule has 1 N–H and O–H groups in total. The average Bonchev–Trinajstić information content (AvgIpc) is 2.39. The topological polar surface area (TPSA) is 21.3 Å². The summed E-state index contributed by atoms with van der Waals surface area (Å²) in [5, 5.41) is 3.43. The molecule has 2 heteroatoms. The predicted molar refractivity (Wildman–Crippen MR) is 76.2 cm³/mol. The van der Waals surface area contributed by atoms with Crippen molar-refractivity contribution in [3.05, 3.63) is 29.8 Å². The summed E-state index contributed by atoms with van der Waals surface area (Å²) in [5.41, 5.74) is 1.44. The number of benzene rings is 1. The van der Waals surface area contributed by atoms with Gasteiger partial charge in [-0.15, -0.1) is 0 Å². The highest BCUT2D eigenvalue weighted by Gasteiger charge is 2.20. The standard InChI is InChI=1S/C16H25NO/c1-12(2)18-16-6-4-14(5-7-16)13(3)15-8-10-17-11-9-15/h4-7,12-13,15,17H,8-11H2,1-3H3. The molecule has 1 atom stereocenters. The highest BCUT2D eigenvalue weighted by Crippen LogP contribution is 2.31. The lowest BCUT2D eigenvalue weighted by Gasteiger charge is -2.28. The van der Waals surface area contributed by atoms with E-state index in [1.807, 2.05) is 0 Å². The molecule has 0 spiro atoms. The van der Waals surface area contributed by atoms with Gasteiger partial charge in [-0.3, -0.25) is 0 Å². The van der Waals surface area contributed by atoms with E-state index in [1.165, 1.54) is 31.5 Å². The average molecular weight is 247 g/mol. The van der Waals surface area contributed by atoms with Crippen molar-refractivity contribution in [1.82, 2.24) is 5.32 Å². The lowest BCUT2D eigenvalue weighted by molar-refractivity contribution is 0.242. The number of hydrogen-bond donors (Lipinski definition) is 1. The van der Waals surface area contributed by atoms with Crippen LogP contribution in [0.3, 0.4) is 0 Å². The van der Waals surface area contributed by atoms with E-state index in [1.54, 1.807) is 0 Å². The third-order valence-electron chi connectivity index (χ3n) is 3.87. The third-order valence-corrected chi connectivity index (χ3v) is 3.87. The molecule has 1 saturated heterocycles. The number of rotatable bonds is 4. The van der Waals surface area contributed by atoms with Gasteiger partial charge in [0.2, 0.25) is 0 Å². The molecule has 1 heterocycles. The maximum atomic E-state index is 5.68. The van der Waals surface area contributed by atoms with Crippen molar-refractivity contribution in [3.63, 3.8) is 0 Å². The Morgan fingerprint density at radius 3 is 2.22 bits per heavy atom. The highest BCUT2D eigenvalue weighted by atomic mass is 16.5. The zero-order chi connectivity index (χ0) is 13.0. The number of hydrogen-bond acceptors (Lipinski definition) is 2. The van der Waals surface area contributed by atoms with Crippen LogP contribution in [0.1, 0.15) is 45.1 Å². The second-order valence-electron chi connectivity index (χ2n) is 5.61. The maximum absolute atomic E-state index is 5.68. The van der Waals surface area contributed by atoms with E-state index in [0.29, 0.717) is 5.92 Å². The van der Waals surface area contributed by atoms with Gasteiger partial charge in [0.1, 0.15) is 5.75 Å². The van der Waals surface area contributed by atoms with E-state index in [4.69, 9.17) is 4.74 Å². The molecule has 0 bridgehead atoms. The molecule has 1 aromatic rings. The predicted octanol–water partition coefficient (Wildman–Crippen LogP) is 3.58. The summed E-state index contributed by atoms with van der Waals surface area (Å²) >= 11 is 0. The fourth-order valence-electron chi connectivity index (χ4n) is 2.74. The quantitative estimate of drug-likeness (QED) is 0.878. The van der Waals surface area contributed by atoms with Crippen LogP contribution in [0, 0.1) is 5.92 Å². The molecule has 1 aliphatic rings. The Hall–Kier alpha value is -1.02. The van der Waals surface area contributed by atoms with Gasteiger partial charge in [0.25, 0.3) is 0 Å². The van der Waals surface area contributed by atoms with Crippen molar-refractivity contribution >= 4 is 0 Å². The summed E-state index contributed by atoms with van der Waals surface area (Å²) in [6, 6.07) is 8.66. The lowest BCUT2D eigenvalue weighted by Crippen LogP contribution is -2.30. The van der Waals surface area contributed by atoms with Gasteiger partial charge in [0.15, 0.2) is 0 Å². The SMILES string of the molecule is CC(C)Oc1ccc(C(C)C2CCNCC2)cc1. The van der Waals surface area contributed by atoms with E-state index >= 15 is 0 Å². The first kappa shape index (κ1) is 13.4. The van der Waals surface area contributed by atoms with E-state index in [0.717, 1.165) is 11.7 Å². The van der Waals surface area contributed by atoms with Crippen LogP contribution in [-0.4, -0.2) is 19.2 Å². The minimum Gasteiger partial charge on any atom is -0.491 e. The van der Waals surface area contributed by atoms with E-state index < -0.39 is 0 Å². The Bertz CT molecular complexity index is 352. The van der Waals surface area contributed by atoms with Gasteiger partial charge in [0, 0.05) is 0 Å². The first-order valence-electron chi connectivity index (χ1n) is 7.14. The summed E-state index contributed by atoms with van der Waals surface area (Å²) in [4.78, 5) is 0. The molecule has 1 aliphatic heterocycles. The van der Waals surface area contributed by atoms with E-state index in [9.17, 15) is 0 Å². The van der Waals surface area contributed by atoms with Gasteiger partial charge in [-0.05, 0) is 69.3 Å². The molecule has 0 radical (unpaired) electrons. The van der Waals surface area contributed by atoms with E-state index in [2.05, 4.69) is 50.4 Å². The van der Waals surface area contributed by atoms with Crippen LogP contribution in [0.25, 0.3) is 0 Å². The molecule has 1 fully saturated rings. The van der Waals surface area contributed by atoms with Crippen LogP contribution in [0.4, 0.5) is 0 Å². The van der Waals surface area contributed by atoms with Crippen LogP contribution in [0.5, 0.6) is 5.75 Å². The van der Waals surface area contributed by atoms with Crippen molar-refractivity contribution in [2.24, 2.45) is 5.92 Å². The maximum Gasteiger partial charge on any atom is 0.119 e. The van der Waals surface area contributed by atoms with Crippen molar-refractivity contribution < 1.29 is 4.74 Å². The normalized spacial score (nSPS) is 18.9. The summed E-state index contributed by atoms with van der Waals surface area (Å²) in [6.07, 6.45) is 2.84. The van der Waals surface area contributed by atoms with Gasteiger partial charge in [-0.25, -0.2) is 0 Å². The second-order valence-corrected chi connectivity index (χ2v) is 5.61. The Balaban J connectivity index is 1.99. The van der Waals surface area contributed by atoms with Crippen molar-refractivity contribution in [1.29, 1.82) is 0 Å². The van der Waals surface area contributed by atoms with Crippen molar-refractivity contribution in [2.75, 3.05) is 13.1 Å². The molecule has 2 nitrogen and oxygen atoms in total. The van der Waals surface area contributed by atoms with Crippen molar-refractivity contribution in [2.45, 2.75) is 45.6 Å². The molecule has 0 amide bonds. The first-order chi connectivity index (χ1) is 8.66. The molecule has 2 rings (SSSR count). The van der Waals surface area contributed by atoms with Gasteiger partial charge < -0.3 is 10.1 Å². The zero-order valence-corrected chi connectivity index (χ0v) is 11.8. The van der Waals surface area contributed by atoms with Gasteiger partial charge in [0.05, 0.1) is 6.10 Å². The van der Waals surface area contributed by atoms with Gasteiger partial charge in [-0.2, -0.15) is 0 Å². The minimum atomic E-state index is 0.248. The highest BCUT2D eigenvalue weighted by molar-refractivity contribution is 5.29. The van der Waals surface area contributed by atoms with Crippen LogP contribution >= 0.6 is 0 Å². The molecule has 0 aromatic heterocycles. The molecule has 0 aliphatic carbocycles. The molecule has 0 saturated carbocycles. The Morgan fingerprint density at radius 2 is 1.67 bits per heavy atom. The molecular weight excluding hydrogens is 222 g/mol. The van der Waals surface area contributed by atoms with Crippen LogP contribution in [0.2, 0.25) is 0 Å². The smallest absolute Gasteiger partial charge is 0.119 e. The molecule has 100 valence electrons. The Kier molecular flexibility index (Phi) is 4.65. The number of ether oxygens (including phenoxy) is 1. The first-order valence-corrected chi connectivity index (χ1v) is 7.14. The summed E-state index contributed by atoms with van der Waals surface area (Å²) < 4.78 is 5.68. The number of nitrogens with one attached hydrogen (secondary N) is 1. The molecule has 18 heavy (non-hydrogen) atoms. The Morgan fingerprint density at radius 1 is 1.06 bits per heavy atom. The summed E-state index contributed by atoms with van der Waals surface area (Å²) in [5.74, 6) is 2.45. The monoisotopic (exact) mass is 247 g/mol. The van der Waals surface area contributed by atoms with Gasteiger partial charge >= 0.3 is 0 Å². The van der Waals surface area contributed by atoms with Crippen LogP contribution in [0.15, 0.2) is 24.3 Å². The van der Waals surface area contributed by atoms with Crippen LogP contribution < -0.4 is 10.1 Å². The Labute approximate surface area is 111 Å². The fraction of sp³-hybridized carbons (Fsp3) is 0.625. The van der Waals surface area contributed by atoms with Gasteiger partial charge in [-0.1, -0.05) is 19.1 Å².